The Kier molecular flexibility index (Phi) is 9.43. The fourth-order valence-corrected chi connectivity index (χ4v) is 5.56. The quantitative estimate of drug-likeness (QED) is 0.245. The van der Waals surface area contributed by atoms with Crippen LogP contribution >= 0.6 is 0 Å². The summed E-state index contributed by atoms with van der Waals surface area (Å²) in [5.74, 6) is 0.794. The van der Waals surface area contributed by atoms with E-state index >= 15 is 0 Å². The third-order valence-electron chi connectivity index (χ3n) is 8.06. The number of carbonyl (C=O) groups excluding carboxylic acids is 2. The average molecular weight is 585 g/mol. The molecule has 0 saturated heterocycles. The second-order valence-electron chi connectivity index (χ2n) is 10.4. The van der Waals surface area contributed by atoms with Gasteiger partial charge in [0.2, 0.25) is 18.3 Å². The van der Waals surface area contributed by atoms with E-state index in [0.29, 0.717) is 68.7 Å². The largest absolute Gasteiger partial charge is 0.493 e. The lowest BCUT2D eigenvalue weighted by atomic mass is 9.74. The molecule has 42 heavy (non-hydrogen) atoms. The maximum atomic E-state index is 13.3. The van der Waals surface area contributed by atoms with Crippen molar-refractivity contribution in [3.63, 3.8) is 0 Å². The molecule has 2 aromatic rings. The molecule has 1 aliphatic carbocycles. The van der Waals surface area contributed by atoms with E-state index in [2.05, 4.69) is 0 Å². The van der Waals surface area contributed by atoms with Crippen molar-refractivity contribution in [2.24, 2.45) is 11.8 Å². The Morgan fingerprint density at radius 3 is 2.02 bits per heavy atom. The smallest absolute Gasteiger partial charge is 0.333 e. The molecule has 4 unspecified atom stereocenters. The lowest BCUT2D eigenvalue weighted by molar-refractivity contribution is -0.158. The summed E-state index contributed by atoms with van der Waals surface area (Å²) in [6, 6.07) is 3.61. The van der Waals surface area contributed by atoms with E-state index in [1.165, 1.54) is 28.4 Å². The molecule has 10 heteroatoms. The van der Waals surface area contributed by atoms with Gasteiger partial charge in [-0.25, -0.2) is 4.79 Å². The van der Waals surface area contributed by atoms with Gasteiger partial charge in [-0.05, 0) is 32.4 Å². The molecule has 0 spiro atoms. The standard InChI is InChI=1S/C32H40O10/c1-10-12-23(33)41-26-17(4)18(5)27(42-32(34)16(3)11-2)19-13-21(35-6)28(36-7)30(37-8)24(19)25-20(26)14-22-29(31(25)38-9)40-15-39-22/h11,13-14,17-18,26-27H,10,12,15H2,1-9H3. The second kappa shape index (κ2) is 12.8. The summed E-state index contributed by atoms with van der Waals surface area (Å²) < 4.78 is 47.6. The van der Waals surface area contributed by atoms with Gasteiger partial charge in [-0.1, -0.05) is 26.8 Å². The SMILES string of the molecule is CC=C(C)C(=O)OC1c2cc(OC)c(OC)c(OC)c2-c2c(cc3c(c2OC)OCO3)C(OC(=O)CCC)C(C)C1C. The van der Waals surface area contributed by atoms with Gasteiger partial charge in [0.1, 0.15) is 12.2 Å². The van der Waals surface area contributed by atoms with Crippen LogP contribution in [0.4, 0.5) is 0 Å². The molecule has 0 N–H and O–H groups in total. The van der Waals surface area contributed by atoms with E-state index in [0.717, 1.165) is 0 Å². The second-order valence-corrected chi connectivity index (χ2v) is 10.4. The molecule has 4 atom stereocenters. The third-order valence-corrected chi connectivity index (χ3v) is 8.06. The monoisotopic (exact) mass is 584 g/mol. The van der Waals surface area contributed by atoms with Crippen molar-refractivity contribution >= 4 is 11.9 Å². The number of benzene rings is 2. The Bertz CT molecular complexity index is 1380. The van der Waals surface area contributed by atoms with Crippen molar-refractivity contribution in [3.05, 3.63) is 34.9 Å². The van der Waals surface area contributed by atoms with Crippen LogP contribution in [0.3, 0.4) is 0 Å². The predicted octanol–water partition coefficient (Wildman–Crippen LogP) is 6.34. The highest BCUT2D eigenvalue weighted by molar-refractivity contribution is 5.91. The van der Waals surface area contributed by atoms with Crippen LogP contribution in [0, 0.1) is 11.8 Å². The maximum Gasteiger partial charge on any atom is 0.333 e. The number of allylic oxidation sites excluding steroid dienone is 1. The molecule has 4 rings (SSSR count). The number of hydrogen-bond acceptors (Lipinski definition) is 10. The first-order chi connectivity index (χ1) is 20.2. The molecule has 1 aliphatic heterocycles. The number of fused-ring (bicyclic) bond motifs is 4. The summed E-state index contributed by atoms with van der Waals surface area (Å²) in [7, 11) is 6.09. The lowest BCUT2D eigenvalue weighted by Gasteiger charge is -2.39. The number of esters is 2. The highest BCUT2D eigenvalue weighted by atomic mass is 16.7. The van der Waals surface area contributed by atoms with Crippen LogP contribution in [0.1, 0.15) is 70.8 Å². The number of ether oxygens (including phenoxy) is 8. The van der Waals surface area contributed by atoms with E-state index < -0.39 is 18.2 Å². The summed E-state index contributed by atoms with van der Waals surface area (Å²) >= 11 is 0. The highest BCUT2D eigenvalue weighted by Gasteiger charge is 2.44. The fraction of sp³-hybridized carbons (Fsp3) is 0.500. The number of hydrogen-bond donors (Lipinski definition) is 0. The molecule has 0 saturated carbocycles. The Balaban J connectivity index is 2.18. The van der Waals surface area contributed by atoms with Crippen LogP contribution in [0.15, 0.2) is 23.8 Å². The zero-order valence-corrected chi connectivity index (χ0v) is 25.7. The van der Waals surface area contributed by atoms with Gasteiger partial charge in [0.05, 0.1) is 28.4 Å². The number of methoxy groups -OCH3 is 4. The van der Waals surface area contributed by atoms with Gasteiger partial charge < -0.3 is 37.9 Å². The summed E-state index contributed by atoms with van der Waals surface area (Å²) in [5, 5.41) is 0. The predicted molar refractivity (Wildman–Crippen MR) is 155 cm³/mol. The van der Waals surface area contributed by atoms with Crippen LogP contribution in [-0.4, -0.2) is 47.2 Å². The minimum absolute atomic E-state index is 0.000372. The van der Waals surface area contributed by atoms with Crippen molar-refractivity contribution in [3.8, 4) is 45.6 Å². The molecule has 2 aromatic carbocycles. The van der Waals surface area contributed by atoms with E-state index in [4.69, 9.17) is 37.9 Å². The zero-order valence-electron chi connectivity index (χ0n) is 25.7. The molecule has 0 bridgehead atoms. The van der Waals surface area contributed by atoms with Crippen molar-refractivity contribution in [1.29, 1.82) is 0 Å². The first-order valence-corrected chi connectivity index (χ1v) is 14.0. The van der Waals surface area contributed by atoms with E-state index in [1.54, 1.807) is 26.0 Å². The molecule has 228 valence electrons. The van der Waals surface area contributed by atoms with E-state index in [1.807, 2.05) is 26.8 Å². The van der Waals surface area contributed by atoms with Crippen molar-refractivity contribution in [2.75, 3.05) is 35.2 Å². The van der Waals surface area contributed by atoms with Gasteiger partial charge in [0, 0.05) is 46.1 Å². The Labute approximate surface area is 246 Å². The topological polar surface area (TPSA) is 108 Å². The molecule has 0 aromatic heterocycles. The first-order valence-electron chi connectivity index (χ1n) is 14.0. The number of rotatable bonds is 9. The summed E-state index contributed by atoms with van der Waals surface area (Å²) in [6.45, 7) is 9.33. The Morgan fingerprint density at radius 1 is 0.857 bits per heavy atom. The molecular formula is C32H40O10. The highest BCUT2D eigenvalue weighted by Crippen LogP contribution is 2.60. The average Bonchev–Trinajstić information content (AvgIpc) is 3.47. The van der Waals surface area contributed by atoms with Crippen LogP contribution in [0.2, 0.25) is 0 Å². The van der Waals surface area contributed by atoms with Crippen LogP contribution < -0.4 is 28.4 Å². The van der Waals surface area contributed by atoms with Crippen LogP contribution in [0.5, 0.6) is 34.5 Å². The van der Waals surface area contributed by atoms with Crippen LogP contribution in [-0.2, 0) is 19.1 Å². The molecule has 2 aliphatic rings. The Hall–Kier alpha value is -4.08. The zero-order chi connectivity index (χ0) is 30.7. The van der Waals surface area contributed by atoms with Crippen LogP contribution in [0.25, 0.3) is 11.1 Å². The molecule has 0 radical (unpaired) electrons. The van der Waals surface area contributed by atoms with E-state index in [9.17, 15) is 9.59 Å². The summed E-state index contributed by atoms with van der Waals surface area (Å²) in [4.78, 5) is 26.3. The number of carbonyl (C=O) groups is 2. The van der Waals surface area contributed by atoms with Gasteiger partial charge in [0.25, 0.3) is 0 Å². The Morgan fingerprint density at radius 2 is 1.45 bits per heavy atom. The minimum Gasteiger partial charge on any atom is -0.493 e. The van der Waals surface area contributed by atoms with Gasteiger partial charge in [-0.15, -0.1) is 0 Å². The summed E-state index contributed by atoms with van der Waals surface area (Å²) in [5.41, 5.74) is 2.79. The van der Waals surface area contributed by atoms with Gasteiger partial charge in [-0.3, -0.25) is 4.79 Å². The lowest BCUT2D eigenvalue weighted by Crippen LogP contribution is -2.31. The molecule has 0 amide bonds. The third kappa shape index (κ3) is 5.30. The van der Waals surface area contributed by atoms with Gasteiger partial charge in [-0.2, -0.15) is 0 Å². The van der Waals surface area contributed by atoms with E-state index in [-0.39, 0.29) is 31.0 Å². The van der Waals surface area contributed by atoms with Gasteiger partial charge >= 0.3 is 11.9 Å². The first kappa shape index (κ1) is 30.9. The van der Waals surface area contributed by atoms with Crippen molar-refractivity contribution in [1.82, 2.24) is 0 Å². The molecule has 1 heterocycles. The molecule has 0 fully saturated rings. The maximum absolute atomic E-state index is 13.3. The van der Waals surface area contributed by atoms with Gasteiger partial charge in [0.15, 0.2) is 23.0 Å². The normalized spacial score (nSPS) is 20.8. The molecular weight excluding hydrogens is 544 g/mol. The van der Waals surface area contributed by atoms with Crippen molar-refractivity contribution < 1.29 is 47.5 Å². The molecule has 10 nitrogen and oxygen atoms in total. The minimum atomic E-state index is -0.804. The summed E-state index contributed by atoms with van der Waals surface area (Å²) in [6.07, 6.45) is 1.01. The van der Waals surface area contributed by atoms with Crippen molar-refractivity contribution in [2.45, 2.75) is 59.7 Å². The fourth-order valence-electron chi connectivity index (χ4n) is 5.56.